The van der Waals surface area contributed by atoms with Gasteiger partial charge in [0.1, 0.15) is 0 Å². The highest BCUT2D eigenvalue weighted by Crippen LogP contribution is 2.44. The molecule has 3 aromatic carbocycles. The van der Waals surface area contributed by atoms with Gasteiger partial charge in [0.05, 0.1) is 17.1 Å². The van der Waals surface area contributed by atoms with Crippen LogP contribution in [-0.2, 0) is 4.79 Å². The number of anilines is 3. The van der Waals surface area contributed by atoms with Crippen LogP contribution in [-0.4, -0.2) is 49.2 Å². The zero-order chi connectivity index (χ0) is 23.3. The number of piperazine rings is 1. The summed E-state index contributed by atoms with van der Waals surface area (Å²) in [6, 6.07) is 25.0. The molecule has 1 fully saturated rings. The maximum absolute atomic E-state index is 12.4. The molecule has 5 rings (SSSR count). The van der Waals surface area contributed by atoms with Crippen LogP contribution >= 0.6 is 11.8 Å². The summed E-state index contributed by atoms with van der Waals surface area (Å²) in [6.45, 7) is 6.58. The molecule has 2 aliphatic heterocycles. The summed E-state index contributed by atoms with van der Waals surface area (Å²) in [5.41, 5.74) is 7.97. The van der Waals surface area contributed by atoms with Gasteiger partial charge >= 0.3 is 0 Å². The smallest absolute Gasteiger partial charge is 0.241 e. The molecule has 174 valence electrons. The number of benzene rings is 3. The van der Waals surface area contributed by atoms with Crippen molar-refractivity contribution in [2.75, 3.05) is 42.9 Å². The Kier molecular flexibility index (Phi) is 6.83. The van der Waals surface area contributed by atoms with Crippen molar-refractivity contribution >= 4 is 40.4 Å². The minimum atomic E-state index is -0.0505. The van der Waals surface area contributed by atoms with E-state index in [4.69, 9.17) is 0 Å². The van der Waals surface area contributed by atoms with Crippen molar-refractivity contribution in [2.45, 2.75) is 23.1 Å². The Morgan fingerprint density at radius 1 is 0.941 bits per heavy atom. The van der Waals surface area contributed by atoms with Gasteiger partial charge in [0.25, 0.3) is 0 Å². The Morgan fingerprint density at radius 2 is 1.68 bits per heavy atom. The predicted molar refractivity (Wildman–Crippen MR) is 140 cm³/mol. The van der Waals surface area contributed by atoms with Crippen LogP contribution in [0, 0.1) is 0 Å². The summed E-state index contributed by atoms with van der Waals surface area (Å²) in [5.74, 6) is -0.0505. The van der Waals surface area contributed by atoms with E-state index in [1.807, 2.05) is 19.1 Å². The van der Waals surface area contributed by atoms with Crippen molar-refractivity contribution in [3.05, 3.63) is 78.4 Å². The number of rotatable bonds is 6. The van der Waals surface area contributed by atoms with E-state index in [1.165, 1.54) is 15.5 Å². The lowest BCUT2D eigenvalue weighted by molar-refractivity contribution is -0.121. The lowest BCUT2D eigenvalue weighted by Gasteiger charge is -2.36. The van der Waals surface area contributed by atoms with Gasteiger partial charge in [-0.25, -0.2) is 5.43 Å². The van der Waals surface area contributed by atoms with E-state index in [2.05, 4.69) is 86.3 Å². The van der Waals surface area contributed by atoms with Crippen LogP contribution in [0.15, 0.2) is 87.7 Å². The van der Waals surface area contributed by atoms with E-state index in [-0.39, 0.29) is 5.91 Å². The summed E-state index contributed by atoms with van der Waals surface area (Å²) in [4.78, 5) is 19.6. The Hall–Kier alpha value is -3.29. The van der Waals surface area contributed by atoms with E-state index < -0.39 is 0 Å². The average molecular weight is 472 g/mol. The number of nitrogens with zero attached hydrogens (tertiary/aromatic N) is 3. The van der Waals surface area contributed by atoms with Crippen molar-refractivity contribution in [2.24, 2.45) is 5.10 Å². The summed E-state index contributed by atoms with van der Waals surface area (Å²) in [7, 11) is 0. The highest BCUT2D eigenvalue weighted by atomic mass is 32.2. The highest BCUT2D eigenvalue weighted by Gasteiger charge is 2.18. The zero-order valence-electron chi connectivity index (χ0n) is 19.3. The standard InChI is InChI=1S/C27H29N5OS/c1-20(21-11-12-26-24(19-21)28-23-9-5-6-10-25(23)34-26)29-30-27(33)13-14-31-15-17-32(18-16-31)22-7-3-2-4-8-22/h2-12,19,28H,13-18H2,1H3,(H,30,33)/b29-20+. The molecule has 6 nitrogen and oxygen atoms in total. The van der Waals surface area contributed by atoms with Gasteiger partial charge in [-0.3, -0.25) is 9.69 Å². The fourth-order valence-electron chi connectivity index (χ4n) is 4.26. The van der Waals surface area contributed by atoms with E-state index in [1.54, 1.807) is 11.8 Å². The molecular formula is C27H29N5OS. The molecule has 2 aliphatic rings. The first-order chi connectivity index (χ1) is 16.7. The maximum Gasteiger partial charge on any atom is 0.241 e. The first-order valence-electron chi connectivity index (χ1n) is 11.7. The molecule has 0 aliphatic carbocycles. The maximum atomic E-state index is 12.4. The summed E-state index contributed by atoms with van der Waals surface area (Å²) in [5, 5.41) is 7.86. The number of hydrogen-bond acceptors (Lipinski definition) is 6. The van der Waals surface area contributed by atoms with Crippen molar-refractivity contribution < 1.29 is 4.79 Å². The molecule has 0 saturated carbocycles. The van der Waals surface area contributed by atoms with Gasteiger partial charge in [0.2, 0.25) is 5.91 Å². The van der Waals surface area contributed by atoms with Crippen LogP contribution in [0.2, 0.25) is 0 Å². The molecular weight excluding hydrogens is 442 g/mol. The Labute approximate surface area is 205 Å². The van der Waals surface area contributed by atoms with E-state index in [9.17, 15) is 4.79 Å². The van der Waals surface area contributed by atoms with Gasteiger partial charge in [0, 0.05) is 54.6 Å². The average Bonchev–Trinajstić information content (AvgIpc) is 2.89. The molecule has 1 saturated heterocycles. The monoisotopic (exact) mass is 471 g/mol. The summed E-state index contributed by atoms with van der Waals surface area (Å²) in [6.07, 6.45) is 0.446. The number of hydrogen-bond donors (Lipinski definition) is 2. The van der Waals surface area contributed by atoms with E-state index >= 15 is 0 Å². The minimum absolute atomic E-state index is 0.0505. The van der Waals surface area contributed by atoms with Crippen LogP contribution in [0.3, 0.4) is 0 Å². The summed E-state index contributed by atoms with van der Waals surface area (Å²) < 4.78 is 0. The van der Waals surface area contributed by atoms with Crippen molar-refractivity contribution in [1.29, 1.82) is 0 Å². The first-order valence-corrected chi connectivity index (χ1v) is 12.5. The highest BCUT2D eigenvalue weighted by molar-refractivity contribution is 7.99. The third-order valence-electron chi connectivity index (χ3n) is 6.27. The van der Waals surface area contributed by atoms with E-state index in [0.717, 1.165) is 55.4 Å². The molecule has 2 heterocycles. The second kappa shape index (κ2) is 10.3. The zero-order valence-corrected chi connectivity index (χ0v) is 20.1. The Bertz CT molecular complexity index is 1190. The van der Waals surface area contributed by atoms with Crippen LogP contribution in [0.4, 0.5) is 17.1 Å². The van der Waals surface area contributed by atoms with E-state index in [0.29, 0.717) is 6.42 Å². The molecule has 7 heteroatoms. The number of nitrogens with one attached hydrogen (secondary N) is 2. The molecule has 0 atom stereocenters. The molecule has 34 heavy (non-hydrogen) atoms. The predicted octanol–water partition coefficient (Wildman–Crippen LogP) is 4.95. The number of hydrazone groups is 1. The van der Waals surface area contributed by atoms with Gasteiger partial charge in [-0.15, -0.1) is 0 Å². The van der Waals surface area contributed by atoms with Crippen molar-refractivity contribution in [1.82, 2.24) is 10.3 Å². The van der Waals surface area contributed by atoms with Gasteiger partial charge in [-0.1, -0.05) is 48.2 Å². The fourth-order valence-corrected chi connectivity index (χ4v) is 5.23. The van der Waals surface area contributed by atoms with Gasteiger partial charge < -0.3 is 10.2 Å². The lowest BCUT2D eigenvalue weighted by Crippen LogP contribution is -2.47. The third kappa shape index (κ3) is 5.26. The summed E-state index contributed by atoms with van der Waals surface area (Å²) >= 11 is 1.76. The number of carbonyl (C=O) groups is 1. The fraction of sp³-hybridized carbons (Fsp3) is 0.259. The second-order valence-corrected chi connectivity index (χ2v) is 9.66. The lowest BCUT2D eigenvalue weighted by atomic mass is 10.1. The first kappa shape index (κ1) is 22.5. The minimum Gasteiger partial charge on any atom is -0.369 e. The number of carbonyl (C=O) groups excluding carboxylic acids is 1. The molecule has 0 spiro atoms. The Balaban J connectivity index is 1.10. The largest absolute Gasteiger partial charge is 0.369 e. The molecule has 0 radical (unpaired) electrons. The number of para-hydroxylation sites is 2. The van der Waals surface area contributed by atoms with Crippen LogP contribution in [0.25, 0.3) is 0 Å². The number of fused-ring (bicyclic) bond motifs is 2. The topological polar surface area (TPSA) is 60.0 Å². The second-order valence-electron chi connectivity index (χ2n) is 8.58. The molecule has 3 aromatic rings. The van der Waals surface area contributed by atoms with Gasteiger partial charge in [0.15, 0.2) is 0 Å². The van der Waals surface area contributed by atoms with Gasteiger partial charge in [-0.05, 0) is 48.9 Å². The molecule has 1 amide bonds. The molecule has 0 aromatic heterocycles. The van der Waals surface area contributed by atoms with Crippen LogP contribution in [0.5, 0.6) is 0 Å². The van der Waals surface area contributed by atoms with Crippen molar-refractivity contribution in [3.8, 4) is 0 Å². The Morgan fingerprint density at radius 3 is 2.50 bits per heavy atom. The van der Waals surface area contributed by atoms with Crippen LogP contribution < -0.4 is 15.6 Å². The van der Waals surface area contributed by atoms with Crippen LogP contribution in [0.1, 0.15) is 18.9 Å². The molecule has 2 N–H and O–H groups in total. The quantitative estimate of drug-likeness (QED) is 0.308. The number of amides is 1. The normalized spacial score (nSPS) is 15.8. The third-order valence-corrected chi connectivity index (χ3v) is 7.42. The SMILES string of the molecule is C/C(=N\NC(=O)CCN1CCN(c2ccccc2)CC1)c1ccc2c(c1)Nc1ccccc1S2. The van der Waals surface area contributed by atoms with Crippen molar-refractivity contribution in [3.63, 3.8) is 0 Å². The molecule has 0 unspecified atom stereocenters. The van der Waals surface area contributed by atoms with Gasteiger partial charge in [-0.2, -0.15) is 5.10 Å². The molecule has 0 bridgehead atoms.